The van der Waals surface area contributed by atoms with Crippen molar-refractivity contribution in [3.8, 4) is 6.07 Å². The van der Waals surface area contributed by atoms with E-state index in [4.69, 9.17) is 16.9 Å². The fraction of sp³-hybridized carbons (Fsp3) is 0.300. The summed E-state index contributed by atoms with van der Waals surface area (Å²) in [6.45, 7) is 3.92. The third kappa shape index (κ3) is 5.27. The molecular formula is C20H20ClFN4O. The number of anilines is 1. The fourth-order valence-corrected chi connectivity index (χ4v) is 3.28. The van der Waals surface area contributed by atoms with Gasteiger partial charge in [-0.15, -0.1) is 0 Å². The lowest BCUT2D eigenvalue weighted by Gasteiger charge is -2.34. The number of amides is 1. The lowest BCUT2D eigenvalue weighted by atomic mass is 10.2. The van der Waals surface area contributed by atoms with E-state index in [0.29, 0.717) is 28.4 Å². The first-order chi connectivity index (χ1) is 13.0. The van der Waals surface area contributed by atoms with Crippen LogP contribution in [0.1, 0.15) is 11.1 Å². The Morgan fingerprint density at radius 1 is 1.15 bits per heavy atom. The largest absolute Gasteiger partial charge is 0.325 e. The van der Waals surface area contributed by atoms with E-state index in [-0.39, 0.29) is 18.3 Å². The molecule has 0 saturated carbocycles. The molecule has 3 rings (SSSR count). The summed E-state index contributed by atoms with van der Waals surface area (Å²) in [6, 6.07) is 13.6. The van der Waals surface area contributed by atoms with Crippen molar-refractivity contribution in [2.75, 3.05) is 38.0 Å². The highest BCUT2D eigenvalue weighted by atomic mass is 35.5. The minimum Gasteiger partial charge on any atom is -0.325 e. The van der Waals surface area contributed by atoms with Crippen LogP contribution >= 0.6 is 11.6 Å². The summed E-state index contributed by atoms with van der Waals surface area (Å²) in [7, 11) is 0. The number of hydrogen-bond donors (Lipinski definition) is 1. The summed E-state index contributed by atoms with van der Waals surface area (Å²) < 4.78 is 13.8. The van der Waals surface area contributed by atoms with Gasteiger partial charge in [0, 0.05) is 44.0 Å². The quantitative estimate of drug-likeness (QED) is 0.857. The summed E-state index contributed by atoms with van der Waals surface area (Å²) >= 11 is 5.98. The Kier molecular flexibility index (Phi) is 6.40. The first-order valence-corrected chi connectivity index (χ1v) is 9.10. The van der Waals surface area contributed by atoms with Crippen LogP contribution in [0.25, 0.3) is 0 Å². The maximum absolute atomic E-state index is 13.8. The number of halogens is 2. The molecule has 2 aromatic rings. The predicted molar refractivity (Wildman–Crippen MR) is 103 cm³/mol. The molecule has 5 nitrogen and oxygen atoms in total. The predicted octanol–water partition coefficient (Wildman–Crippen LogP) is 3.11. The zero-order chi connectivity index (χ0) is 19.2. The van der Waals surface area contributed by atoms with Crippen molar-refractivity contribution in [2.45, 2.75) is 6.54 Å². The highest BCUT2D eigenvalue weighted by Gasteiger charge is 2.20. The van der Waals surface area contributed by atoms with Crippen molar-refractivity contribution in [1.29, 1.82) is 5.26 Å². The van der Waals surface area contributed by atoms with Gasteiger partial charge in [-0.2, -0.15) is 5.26 Å². The van der Waals surface area contributed by atoms with Crippen molar-refractivity contribution in [3.63, 3.8) is 0 Å². The molecule has 0 aromatic heterocycles. The van der Waals surface area contributed by atoms with E-state index < -0.39 is 0 Å². The number of piperazine rings is 1. The SMILES string of the molecule is N#Cc1ccc(NC(=O)CN2CCN(Cc3ccccc3F)CC2)cc1Cl. The molecule has 1 amide bonds. The van der Waals surface area contributed by atoms with Crippen LogP contribution in [-0.4, -0.2) is 48.4 Å². The molecule has 27 heavy (non-hydrogen) atoms. The Morgan fingerprint density at radius 3 is 2.52 bits per heavy atom. The first kappa shape index (κ1) is 19.3. The third-order valence-corrected chi connectivity index (χ3v) is 4.87. The highest BCUT2D eigenvalue weighted by Crippen LogP contribution is 2.20. The number of carbonyl (C=O) groups is 1. The van der Waals surface area contributed by atoms with Gasteiger partial charge in [-0.1, -0.05) is 29.8 Å². The van der Waals surface area contributed by atoms with Gasteiger partial charge >= 0.3 is 0 Å². The van der Waals surface area contributed by atoms with Crippen molar-refractivity contribution in [1.82, 2.24) is 9.80 Å². The average molecular weight is 387 g/mol. The lowest BCUT2D eigenvalue weighted by molar-refractivity contribution is -0.117. The minimum absolute atomic E-state index is 0.127. The monoisotopic (exact) mass is 386 g/mol. The van der Waals surface area contributed by atoms with Crippen LogP contribution in [0, 0.1) is 17.1 Å². The van der Waals surface area contributed by atoms with Crippen LogP contribution in [0.4, 0.5) is 10.1 Å². The van der Waals surface area contributed by atoms with Crippen LogP contribution in [0.5, 0.6) is 0 Å². The van der Waals surface area contributed by atoms with Crippen LogP contribution in [0.3, 0.4) is 0 Å². The summed E-state index contributed by atoms with van der Waals surface area (Å²) in [5, 5.41) is 12.0. The molecule has 7 heteroatoms. The highest BCUT2D eigenvalue weighted by molar-refractivity contribution is 6.32. The van der Waals surface area contributed by atoms with E-state index in [1.165, 1.54) is 6.07 Å². The van der Waals surface area contributed by atoms with Gasteiger partial charge in [0.25, 0.3) is 0 Å². The molecular weight excluding hydrogens is 367 g/mol. The molecule has 0 bridgehead atoms. The zero-order valence-corrected chi connectivity index (χ0v) is 15.5. The molecule has 1 aliphatic heterocycles. The van der Waals surface area contributed by atoms with Gasteiger partial charge in [0.1, 0.15) is 11.9 Å². The summed E-state index contributed by atoms with van der Waals surface area (Å²) in [4.78, 5) is 16.5. The number of rotatable bonds is 5. The molecule has 0 atom stereocenters. The van der Waals surface area contributed by atoms with Gasteiger partial charge in [-0.3, -0.25) is 14.6 Å². The Bertz CT molecular complexity index is 859. The number of nitrogens with one attached hydrogen (secondary N) is 1. The van der Waals surface area contributed by atoms with Gasteiger partial charge in [-0.25, -0.2) is 4.39 Å². The van der Waals surface area contributed by atoms with Gasteiger partial charge < -0.3 is 5.32 Å². The van der Waals surface area contributed by atoms with Gasteiger partial charge in [0.2, 0.25) is 5.91 Å². The van der Waals surface area contributed by atoms with E-state index in [9.17, 15) is 9.18 Å². The topological polar surface area (TPSA) is 59.4 Å². The molecule has 0 radical (unpaired) electrons. The summed E-state index contributed by atoms with van der Waals surface area (Å²) in [5.74, 6) is -0.307. The zero-order valence-electron chi connectivity index (χ0n) is 14.8. The Hall–Kier alpha value is -2.46. The molecule has 0 spiro atoms. The third-order valence-electron chi connectivity index (χ3n) is 4.56. The van der Waals surface area contributed by atoms with Crippen molar-refractivity contribution >= 4 is 23.2 Å². The normalized spacial score (nSPS) is 15.3. The van der Waals surface area contributed by atoms with Gasteiger partial charge in [0.05, 0.1) is 17.1 Å². The molecule has 1 saturated heterocycles. The molecule has 1 aliphatic rings. The van der Waals surface area contributed by atoms with Crippen LogP contribution in [0.15, 0.2) is 42.5 Å². The summed E-state index contributed by atoms with van der Waals surface area (Å²) in [5.41, 5.74) is 1.64. The number of nitriles is 1. The van der Waals surface area contributed by atoms with Crippen molar-refractivity contribution in [3.05, 3.63) is 64.4 Å². The molecule has 1 N–H and O–H groups in total. The van der Waals surface area contributed by atoms with Gasteiger partial charge in [-0.05, 0) is 24.3 Å². The smallest absolute Gasteiger partial charge is 0.238 e. The second-order valence-corrected chi connectivity index (χ2v) is 6.91. The fourth-order valence-electron chi connectivity index (χ4n) is 3.06. The molecule has 0 aliphatic carbocycles. The molecule has 0 unspecified atom stereocenters. The van der Waals surface area contributed by atoms with Crippen LogP contribution < -0.4 is 5.32 Å². The molecule has 1 heterocycles. The van der Waals surface area contributed by atoms with Gasteiger partial charge in [0.15, 0.2) is 0 Å². The minimum atomic E-state index is -0.180. The number of nitrogens with zero attached hydrogens (tertiary/aromatic N) is 3. The second kappa shape index (κ2) is 8.96. The van der Waals surface area contributed by atoms with Crippen molar-refractivity contribution < 1.29 is 9.18 Å². The Morgan fingerprint density at radius 2 is 1.85 bits per heavy atom. The van der Waals surface area contributed by atoms with Crippen molar-refractivity contribution in [2.24, 2.45) is 0 Å². The molecule has 2 aromatic carbocycles. The standard InChI is InChI=1S/C20H20ClFN4O/c21-18-11-17(6-5-15(18)12-23)24-20(27)14-26-9-7-25(8-10-26)13-16-3-1-2-4-19(16)22/h1-6,11H,7-10,13-14H2,(H,24,27). The summed E-state index contributed by atoms with van der Waals surface area (Å²) in [6.07, 6.45) is 0. The number of hydrogen-bond acceptors (Lipinski definition) is 4. The number of benzene rings is 2. The van der Waals surface area contributed by atoms with E-state index in [1.807, 2.05) is 12.1 Å². The Balaban J connectivity index is 1.46. The lowest BCUT2D eigenvalue weighted by Crippen LogP contribution is -2.48. The molecule has 140 valence electrons. The van der Waals surface area contributed by atoms with Crippen LogP contribution in [0.2, 0.25) is 5.02 Å². The van der Waals surface area contributed by atoms with E-state index in [1.54, 1.807) is 30.3 Å². The first-order valence-electron chi connectivity index (χ1n) is 8.73. The number of carbonyl (C=O) groups excluding carboxylic acids is 1. The maximum Gasteiger partial charge on any atom is 0.238 e. The van der Waals surface area contributed by atoms with Crippen LogP contribution in [-0.2, 0) is 11.3 Å². The molecule has 1 fully saturated rings. The maximum atomic E-state index is 13.8. The Labute approximate surface area is 162 Å². The van der Waals surface area contributed by atoms with E-state index in [2.05, 4.69) is 15.1 Å². The average Bonchev–Trinajstić information content (AvgIpc) is 2.65. The van der Waals surface area contributed by atoms with E-state index >= 15 is 0 Å². The van der Waals surface area contributed by atoms with E-state index in [0.717, 1.165) is 26.2 Å². The second-order valence-electron chi connectivity index (χ2n) is 6.50.